The van der Waals surface area contributed by atoms with Gasteiger partial charge >= 0.3 is 0 Å². The summed E-state index contributed by atoms with van der Waals surface area (Å²) in [6.45, 7) is 21.4. The van der Waals surface area contributed by atoms with Crippen LogP contribution in [0.3, 0.4) is 0 Å². The van der Waals surface area contributed by atoms with Gasteiger partial charge in [-0.1, -0.05) is 7.43 Å². The van der Waals surface area contributed by atoms with Crippen LogP contribution in [0.5, 0.6) is 0 Å². The highest BCUT2D eigenvalue weighted by atomic mass is 32.2. The van der Waals surface area contributed by atoms with Crippen molar-refractivity contribution < 1.29 is 0 Å². The molecule has 0 aromatic heterocycles. The normalized spacial score (nSPS) is 33.5. The van der Waals surface area contributed by atoms with Gasteiger partial charge in [0.25, 0.3) is 0 Å². The average molecular weight is 473 g/mol. The van der Waals surface area contributed by atoms with Crippen LogP contribution in [0.25, 0.3) is 0 Å². The van der Waals surface area contributed by atoms with E-state index < -0.39 is 0 Å². The van der Waals surface area contributed by atoms with E-state index in [1.807, 2.05) is 0 Å². The van der Waals surface area contributed by atoms with Gasteiger partial charge in [0.15, 0.2) is 0 Å². The molecule has 4 aliphatic rings. The number of thioether (sulfide) groups is 2. The monoisotopic (exact) mass is 472 g/mol. The maximum atomic E-state index is 3.76. The number of hydrogen-bond acceptors (Lipinski definition) is 6. The van der Waals surface area contributed by atoms with Crippen LogP contribution in [0.4, 0.5) is 0 Å². The van der Waals surface area contributed by atoms with E-state index in [-0.39, 0.29) is 7.43 Å². The van der Waals surface area contributed by atoms with Gasteiger partial charge < -0.3 is 10.6 Å². The SMILES string of the molecule is C.CC(C)(C)N1CCCC2(C1)NCCCS2.CC(C)(C)N1CCCSC12CCCNC2. The van der Waals surface area contributed by atoms with Gasteiger partial charge in [-0.2, -0.15) is 0 Å². The van der Waals surface area contributed by atoms with E-state index in [4.69, 9.17) is 0 Å². The predicted molar refractivity (Wildman–Crippen MR) is 143 cm³/mol. The lowest BCUT2D eigenvalue weighted by Crippen LogP contribution is -2.63. The second-order valence-electron chi connectivity index (χ2n) is 11.6. The van der Waals surface area contributed by atoms with E-state index in [0.29, 0.717) is 20.8 Å². The quantitative estimate of drug-likeness (QED) is 0.501. The summed E-state index contributed by atoms with van der Waals surface area (Å²) < 4.78 is 0. The predicted octanol–water partition coefficient (Wildman–Crippen LogP) is 5.24. The molecule has 4 rings (SSSR count). The summed E-state index contributed by atoms with van der Waals surface area (Å²) >= 11 is 4.34. The minimum absolute atomic E-state index is 0. The lowest BCUT2D eigenvalue weighted by Gasteiger charge is -2.54. The van der Waals surface area contributed by atoms with Gasteiger partial charge in [0.2, 0.25) is 0 Å². The Kier molecular flexibility index (Phi) is 10.1. The first kappa shape index (κ1) is 27.8. The average Bonchev–Trinajstić information content (AvgIpc) is 2.69. The standard InChI is InChI=1S/2C12H24N2S.CH4/c1-11(2,3)14-8-4-6-12(10-14)13-7-5-9-15-12;1-11(2,3)14-8-5-9-15-12(14)6-4-7-13-10-12;/h2*13H,4-10H2,1-3H3;1H4. The minimum atomic E-state index is 0. The molecule has 2 spiro atoms. The summed E-state index contributed by atoms with van der Waals surface area (Å²) in [5.74, 6) is 2.68. The molecule has 0 radical (unpaired) electrons. The fourth-order valence-electron chi connectivity index (χ4n) is 5.49. The zero-order chi connectivity index (χ0) is 21.9. The second-order valence-corrected chi connectivity index (χ2v) is 14.5. The Labute approximate surface area is 202 Å². The number of piperidine rings is 2. The first-order chi connectivity index (χ1) is 14.1. The summed E-state index contributed by atoms with van der Waals surface area (Å²) in [6, 6.07) is 0. The fraction of sp³-hybridized carbons (Fsp3) is 1.00. The molecule has 4 saturated heterocycles. The minimum Gasteiger partial charge on any atom is -0.314 e. The van der Waals surface area contributed by atoms with Gasteiger partial charge in [-0.15, -0.1) is 23.5 Å². The molecular formula is C25H52N4S2. The molecule has 6 heteroatoms. The van der Waals surface area contributed by atoms with Crippen molar-refractivity contribution in [3.63, 3.8) is 0 Å². The molecule has 0 aliphatic carbocycles. The van der Waals surface area contributed by atoms with Crippen LogP contribution in [0.1, 0.15) is 87.5 Å². The number of nitrogens with one attached hydrogen (secondary N) is 2. The molecule has 4 heterocycles. The van der Waals surface area contributed by atoms with Crippen molar-refractivity contribution in [1.29, 1.82) is 0 Å². The number of likely N-dealkylation sites (tertiary alicyclic amines) is 1. The Morgan fingerprint density at radius 2 is 1.52 bits per heavy atom. The van der Waals surface area contributed by atoms with Crippen molar-refractivity contribution in [2.24, 2.45) is 0 Å². The highest BCUT2D eigenvalue weighted by molar-refractivity contribution is 8.00. The third kappa shape index (κ3) is 7.26. The van der Waals surface area contributed by atoms with Crippen LogP contribution in [-0.2, 0) is 0 Å². The van der Waals surface area contributed by atoms with E-state index in [1.165, 1.54) is 89.3 Å². The Morgan fingerprint density at radius 3 is 2.10 bits per heavy atom. The van der Waals surface area contributed by atoms with Gasteiger partial charge in [0.05, 0.1) is 9.74 Å². The molecule has 2 N–H and O–H groups in total. The second kappa shape index (κ2) is 11.3. The molecule has 4 fully saturated rings. The van der Waals surface area contributed by atoms with Crippen LogP contribution in [0.2, 0.25) is 0 Å². The maximum Gasteiger partial charge on any atom is 0.0800 e. The highest BCUT2D eigenvalue weighted by Gasteiger charge is 2.45. The van der Waals surface area contributed by atoms with Crippen LogP contribution < -0.4 is 10.6 Å². The molecular weight excluding hydrogens is 420 g/mol. The summed E-state index contributed by atoms with van der Waals surface area (Å²) in [7, 11) is 0. The fourth-order valence-corrected chi connectivity index (χ4v) is 8.58. The van der Waals surface area contributed by atoms with E-state index >= 15 is 0 Å². The highest BCUT2D eigenvalue weighted by Crippen LogP contribution is 2.43. The Balaban J connectivity index is 0.000000213. The third-order valence-corrected chi connectivity index (χ3v) is 10.2. The summed E-state index contributed by atoms with van der Waals surface area (Å²) in [6.07, 6.45) is 8.08. The molecule has 0 aromatic carbocycles. The van der Waals surface area contributed by atoms with Crippen molar-refractivity contribution >= 4 is 23.5 Å². The van der Waals surface area contributed by atoms with Gasteiger partial charge in [0.1, 0.15) is 0 Å². The van der Waals surface area contributed by atoms with Crippen LogP contribution in [0.15, 0.2) is 0 Å². The van der Waals surface area contributed by atoms with Crippen molar-refractivity contribution in [2.45, 2.75) is 108 Å². The van der Waals surface area contributed by atoms with E-state index in [9.17, 15) is 0 Å². The van der Waals surface area contributed by atoms with E-state index in [1.54, 1.807) is 0 Å². The maximum absolute atomic E-state index is 3.76. The van der Waals surface area contributed by atoms with Crippen LogP contribution in [-0.4, -0.2) is 81.4 Å². The molecule has 184 valence electrons. The lowest BCUT2D eigenvalue weighted by molar-refractivity contribution is 0.0411. The van der Waals surface area contributed by atoms with Crippen LogP contribution >= 0.6 is 23.5 Å². The van der Waals surface area contributed by atoms with E-state index in [0.717, 1.165) is 0 Å². The number of nitrogens with zero attached hydrogens (tertiary/aromatic N) is 2. The largest absolute Gasteiger partial charge is 0.314 e. The molecule has 0 saturated carbocycles. The van der Waals surface area contributed by atoms with Crippen molar-refractivity contribution in [1.82, 2.24) is 20.4 Å². The Bertz CT molecular complexity index is 515. The smallest absolute Gasteiger partial charge is 0.0800 e. The van der Waals surface area contributed by atoms with Gasteiger partial charge in [-0.25, -0.2) is 0 Å². The number of rotatable bonds is 0. The van der Waals surface area contributed by atoms with Crippen molar-refractivity contribution in [3.8, 4) is 0 Å². The molecule has 4 aliphatic heterocycles. The molecule has 31 heavy (non-hydrogen) atoms. The molecule has 0 aromatic rings. The van der Waals surface area contributed by atoms with E-state index in [2.05, 4.69) is 85.5 Å². The molecule has 0 bridgehead atoms. The first-order valence-corrected chi connectivity index (χ1v) is 14.3. The first-order valence-electron chi connectivity index (χ1n) is 12.3. The number of hydrogen-bond donors (Lipinski definition) is 2. The summed E-state index contributed by atoms with van der Waals surface area (Å²) in [4.78, 5) is 6.15. The Hall–Kier alpha value is 0.540. The topological polar surface area (TPSA) is 30.5 Å². The van der Waals surface area contributed by atoms with Crippen molar-refractivity contribution in [3.05, 3.63) is 0 Å². The molecule has 4 nitrogen and oxygen atoms in total. The van der Waals surface area contributed by atoms with Crippen LogP contribution in [0, 0.1) is 0 Å². The van der Waals surface area contributed by atoms with Crippen molar-refractivity contribution in [2.75, 3.05) is 50.8 Å². The third-order valence-electron chi connectivity index (χ3n) is 7.07. The van der Waals surface area contributed by atoms with Gasteiger partial charge in [0, 0.05) is 30.7 Å². The lowest BCUT2D eigenvalue weighted by atomic mass is 9.96. The van der Waals surface area contributed by atoms with Gasteiger partial charge in [-0.3, -0.25) is 9.80 Å². The molecule has 0 amide bonds. The van der Waals surface area contributed by atoms with Gasteiger partial charge in [-0.05, 0) is 111 Å². The zero-order valence-electron chi connectivity index (χ0n) is 20.6. The summed E-state index contributed by atoms with van der Waals surface area (Å²) in [5.41, 5.74) is 0.638. The Morgan fingerprint density at radius 1 is 0.774 bits per heavy atom. The zero-order valence-corrected chi connectivity index (χ0v) is 22.2. The molecule has 2 unspecified atom stereocenters. The molecule has 2 atom stereocenters. The summed E-state index contributed by atoms with van der Waals surface area (Å²) in [5, 5.41) is 7.34.